The van der Waals surface area contributed by atoms with Crippen LogP contribution in [-0.4, -0.2) is 30.8 Å². The van der Waals surface area contributed by atoms with Crippen LogP contribution in [0.1, 0.15) is 27.7 Å². The second-order valence-electron chi connectivity index (χ2n) is 5.00. The van der Waals surface area contributed by atoms with E-state index in [1.165, 1.54) is 0 Å². The van der Waals surface area contributed by atoms with Crippen molar-refractivity contribution in [3.8, 4) is 0 Å². The molecule has 1 saturated heterocycles. The molecule has 0 aliphatic carbocycles. The standard InChI is InChI=1S/C12H19NO4/c1-5-6-9(8-7-16-11(15)13-8)17-10(14)12(2,3)4/h5-6,8-9H,7H2,1-4H3,(H,13,15)/b6-5-/t8-,9-/m1/s1. The fraction of sp³-hybridized carbons (Fsp3) is 0.667. The fourth-order valence-electron chi connectivity index (χ4n) is 1.32. The summed E-state index contributed by atoms with van der Waals surface area (Å²) in [5.41, 5.74) is -0.566. The second-order valence-corrected chi connectivity index (χ2v) is 5.00. The molecule has 1 amide bonds. The number of carbonyl (C=O) groups is 2. The topological polar surface area (TPSA) is 64.6 Å². The average Bonchev–Trinajstić information content (AvgIpc) is 2.62. The molecule has 0 aromatic carbocycles. The van der Waals surface area contributed by atoms with Gasteiger partial charge in [-0.3, -0.25) is 4.79 Å². The lowest BCUT2D eigenvalue weighted by Crippen LogP contribution is -2.41. The van der Waals surface area contributed by atoms with E-state index < -0.39 is 17.6 Å². The van der Waals surface area contributed by atoms with Gasteiger partial charge in [-0.05, 0) is 33.8 Å². The quantitative estimate of drug-likeness (QED) is 0.602. The van der Waals surface area contributed by atoms with Crippen molar-refractivity contribution in [2.24, 2.45) is 5.41 Å². The van der Waals surface area contributed by atoms with Gasteiger partial charge in [-0.25, -0.2) is 4.79 Å². The number of hydrogen-bond acceptors (Lipinski definition) is 4. The Bertz CT molecular complexity index is 330. The molecule has 0 saturated carbocycles. The summed E-state index contributed by atoms with van der Waals surface area (Å²) in [5.74, 6) is -0.304. The molecule has 5 heteroatoms. The Morgan fingerprint density at radius 2 is 2.24 bits per heavy atom. The molecule has 96 valence electrons. The maximum Gasteiger partial charge on any atom is 0.407 e. The zero-order valence-corrected chi connectivity index (χ0v) is 10.6. The van der Waals surface area contributed by atoms with Crippen LogP contribution in [0, 0.1) is 5.41 Å². The Morgan fingerprint density at radius 1 is 1.59 bits per heavy atom. The van der Waals surface area contributed by atoms with Crippen LogP contribution in [0.25, 0.3) is 0 Å². The van der Waals surface area contributed by atoms with Crippen LogP contribution in [0.15, 0.2) is 12.2 Å². The van der Waals surface area contributed by atoms with Gasteiger partial charge in [0.2, 0.25) is 0 Å². The number of allylic oxidation sites excluding steroid dienone is 1. The van der Waals surface area contributed by atoms with Gasteiger partial charge in [0.05, 0.1) is 5.41 Å². The van der Waals surface area contributed by atoms with E-state index in [-0.39, 0.29) is 18.6 Å². The summed E-state index contributed by atoms with van der Waals surface area (Å²) in [4.78, 5) is 22.7. The SMILES string of the molecule is C/C=C\[C@@H](OC(=O)C(C)(C)C)[C@H]1COC(=O)N1. The minimum absolute atomic E-state index is 0.214. The molecule has 0 radical (unpaired) electrons. The van der Waals surface area contributed by atoms with Crippen LogP contribution >= 0.6 is 0 Å². The van der Waals surface area contributed by atoms with E-state index in [0.717, 1.165) is 0 Å². The van der Waals surface area contributed by atoms with Crippen molar-refractivity contribution in [3.63, 3.8) is 0 Å². The number of cyclic esters (lactones) is 1. The van der Waals surface area contributed by atoms with Gasteiger partial charge in [-0.15, -0.1) is 0 Å². The molecule has 0 unspecified atom stereocenters. The van der Waals surface area contributed by atoms with E-state index in [1.807, 2.05) is 6.92 Å². The summed E-state index contributed by atoms with van der Waals surface area (Å²) >= 11 is 0. The third-order valence-corrected chi connectivity index (χ3v) is 2.33. The van der Waals surface area contributed by atoms with Gasteiger partial charge >= 0.3 is 12.1 Å². The van der Waals surface area contributed by atoms with E-state index in [9.17, 15) is 9.59 Å². The maximum absolute atomic E-state index is 11.8. The van der Waals surface area contributed by atoms with E-state index in [2.05, 4.69) is 5.32 Å². The molecule has 0 spiro atoms. The second kappa shape index (κ2) is 5.21. The van der Waals surface area contributed by atoms with Gasteiger partial charge < -0.3 is 14.8 Å². The maximum atomic E-state index is 11.8. The van der Waals surface area contributed by atoms with Crippen molar-refractivity contribution in [2.75, 3.05) is 6.61 Å². The van der Waals surface area contributed by atoms with Crippen molar-refractivity contribution in [2.45, 2.75) is 39.8 Å². The van der Waals surface area contributed by atoms with Crippen LogP contribution in [0.3, 0.4) is 0 Å². The Morgan fingerprint density at radius 3 is 2.65 bits per heavy atom. The number of carbonyl (C=O) groups excluding carboxylic acids is 2. The predicted octanol–water partition coefficient (Wildman–Crippen LogP) is 1.63. The lowest BCUT2D eigenvalue weighted by atomic mass is 9.97. The number of hydrogen-bond donors (Lipinski definition) is 1. The highest BCUT2D eigenvalue weighted by Gasteiger charge is 2.33. The van der Waals surface area contributed by atoms with Crippen molar-refractivity contribution in [3.05, 3.63) is 12.2 Å². The van der Waals surface area contributed by atoms with E-state index in [4.69, 9.17) is 9.47 Å². The van der Waals surface area contributed by atoms with Crippen LogP contribution in [0.4, 0.5) is 4.79 Å². The molecule has 0 bridgehead atoms. The lowest BCUT2D eigenvalue weighted by Gasteiger charge is -2.24. The third kappa shape index (κ3) is 3.76. The fourth-order valence-corrected chi connectivity index (χ4v) is 1.32. The van der Waals surface area contributed by atoms with Crippen LogP contribution in [0.5, 0.6) is 0 Å². The molecule has 1 fully saturated rings. The number of ether oxygens (including phenoxy) is 2. The summed E-state index contributed by atoms with van der Waals surface area (Å²) in [7, 11) is 0. The van der Waals surface area contributed by atoms with Crippen LogP contribution in [-0.2, 0) is 14.3 Å². The zero-order valence-electron chi connectivity index (χ0n) is 10.6. The van der Waals surface area contributed by atoms with Crippen molar-refractivity contribution < 1.29 is 19.1 Å². The summed E-state index contributed by atoms with van der Waals surface area (Å²) in [6, 6.07) is -0.315. The molecule has 1 heterocycles. The third-order valence-electron chi connectivity index (χ3n) is 2.33. The Hall–Kier alpha value is -1.52. The smallest absolute Gasteiger partial charge is 0.407 e. The first-order valence-electron chi connectivity index (χ1n) is 5.62. The van der Waals surface area contributed by atoms with Gasteiger partial charge in [-0.1, -0.05) is 6.08 Å². The van der Waals surface area contributed by atoms with E-state index in [0.29, 0.717) is 0 Å². The minimum atomic E-state index is -0.566. The van der Waals surface area contributed by atoms with Crippen LogP contribution < -0.4 is 5.32 Å². The number of rotatable bonds is 3. The van der Waals surface area contributed by atoms with Crippen LogP contribution in [0.2, 0.25) is 0 Å². The van der Waals surface area contributed by atoms with E-state index in [1.54, 1.807) is 32.9 Å². The summed E-state index contributed by atoms with van der Waals surface area (Å²) in [6.45, 7) is 7.39. The summed E-state index contributed by atoms with van der Waals surface area (Å²) in [6.07, 6.45) is 2.56. The number of nitrogens with one attached hydrogen (secondary N) is 1. The summed E-state index contributed by atoms with van der Waals surface area (Å²) in [5, 5.41) is 2.61. The normalized spacial score (nSPS) is 22.1. The van der Waals surface area contributed by atoms with Gasteiger partial charge in [0.1, 0.15) is 18.8 Å². The first kappa shape index (κ1) is 13.5. The molecular formula is C12H19NO4. The van der Waals surface area contributed by atoms with E-state index >= 15 is 0 Å². The van der Waals surface area contributed by atoms with Crippen molar-refractivity contribution >= 4 is 12.1 Å². The predicted molar refractivity (Wildman–Crippen MR) is 62.4 cm³/mol. The minimum Gasteiger partial charge on any atom is -0.455 e. The first-order chi connectivity index (χ1) is 7.84. The lowest BCUT2D eigenvalue weighted by molar-refractivity contribution is -0.157. The highest BCUT2D eigenvalue weighted by molar-refractivity contribution is 5.76. The average molecular weight is 241 g/mol. The highest BCUT2D eigenvalue weighted by atomic mass is 16.6. The summed E-state index contributed by atoms with van der Waals surface area (Å²) < 4.78 is 10.2. The monoisotopic (exact) mass is 241 g/mol. The first-order valence-corrected chi connectivity index (χ1v) is 5.62. The van der Waals surface area contributed by atoms with Crippen molar-refractivity contribution in [1.82, 2.24) is 5.32 Å². The highest BCUT2D eigenvalue weighted by Crippen LogP contribution is 2.18. The Labute approximate surface area is 101 Å². The molecule has 1 rings (SSSR count). The van der Waals surface area contributed by atoms with Gasteiger partial charge in [0, 0.05) is 0 Å². The van der Waals surface area contributed by atoms with Gasteiger partial charge in [-0.2, -0.15) is 0 Å². The molecular weight excluding hydrogens is 222 g/mol. The molecule has 5 nitrogen and oxygen atoms in total. The number of esters is 1. The molecule has 2 atom stereocenters. The van der Waals surface area contributed by atoms with Gasteiger partial charge in [0.15, 0.2) is 0 Å². The van der Waals surface area contributed by atoms with Gasteiger partial charge in [0.25, 0.3) is 0 Å². The Balaban J connectivity index is 2.67. The van der Waals surface area contributed by atoms with Crippen molar-refractivity contribution in [1.29, 1.82) is 0 Å². The number of alkyl carbamates (subject to hydrolysis) is 1. The number of amides is 1. The molecule has 17 heavy (non-hydrogen) atoms. The zero-order chi connectivity index (χ0) is 13.1. The molecule has 1 N–H and O–H groups in total. The molecule has 0 aromatic heterocycles. The largest absolute Gasteiger partial charge is 0.455 e. The molecule has 1 aliphatic rings. The Kier molecular flexibility index (Phi) is 4.15. The molecule has 0 aromatic rings. The molecule has 1 aliphatic heterocycles.